The number of halogens is 2. The number of pyridine rings is 1. The molecular formula is C25H30F2N4O2. The van der Waals surface area contributed by atoms with Gasteiger partial charge in [0.05, 0.1) is 12.3 Å². The van der Waals surface area contributed by atoms with Gasteiger partial charge in [0.15, 0.2) is 0 Å². The lowest BCUT2D eigenvalue weighted by Gasteiger charge is -2.33. The van der Waals surface area contributed by atoms with Crippen LogP contribution in [0.2, 0.25) is 0 Å². The van der Waals surface area contributed by atoms with Crippen molar-refractivity contribution in [1.82, 2.24) is 14.7 Å². The summed E-state index contributed by atoms with van der Waals surface area (Å²) in [4.78, 5) is 19.8. The van der Waals surface area contributed by atoms with E-state index < -0.39 is 6.61 Å². The number of nitrogens with one attached hydrogen (secondary N) is 1. The molecule has 1 saturated heterocycles. The average Bonchev–Trinajstić information content (AvgIpc) is 3.19. The van der Waals surface area contributed by atoms with Gasteiger partial charge in [-0.3, -0.25) is 9.20 Å². The van der Waals surface area contributed by atoms with Crippen LogP contribution in [0.4, 0.5) is 14.5 Å². The number of aromatic nitrogens is 2. The molecule has 4 rings (SSSR count). The zero-order chi connectivity index (χ0) is 23.4. The normalized spacial score (nSPS) is 14.9. The zero-order valence-corrected chi connectivity index (χ0v) is 19.1. The summed E-state index contributed by atoms with van der Waals surface area (Å²) >= 11 is 0. The van der Waals surface area contributed by atoms with Crippen LogP contribution in [0.5, 0.6) is 0 Å². The van der Waals surface area contributed by atoms with Gasteiger partial charge in [-0.1, -0.05) is 19.1 Å². The second-order valence-corrected chi connectivity index (χ2v) is 8.57. The third-order valence-electron chi connectivity index (χ3n) is 6.23. The average molecular weight is 457 g/mol. The number of hydrogen-bond acceptors (Lipinski definition) is 4. The molecule has 8 heteroatoms. The number of imidazole rings is 1. The number of piperidine rings is 1. The van der Waals surface area contributed by atoms with Gasteiger partial charge in [0.25, 0.3) is 5.91 Å². The highest BCUT2D eigenvalue weighted by molar-refractivity contribution is 5.94. The number of fused-ring (bicyclic) bond motifs is 1. The van der Waals surface area contributed by atoms with E-state index in [1.807, 2.05) is 60.8 Å². The van der Waals surface area contributed by atoms with Crippen molar-refractivity contribution in [3.63, 3.8) is 0 Å². The molecule has 0 spiro atoms. The molecule has 0 atom stereocenters. The van der Waals surface area contributed by atoms with Crippen LogP contribution in [0.15, 0.2) is 42.6 Å². The molecule has 6 nitrogen and oxygen atoms in total. The molecule has 33 heavy (non-hydrogen) atoms. The van der Waals surface area contributed by atoms with Gasteiger partial charge in [-0.2, -0.15) is 8.78 Å². The Hall–Kier alpha value is -3.00. The maximum Gasteiger partial charge on any atom is 0.345 e. The number of anilines is 1. The summed E-state index contributed by atoms with van der Waals surface area (Å²) in [6.45, 7) is 3.50. The van der Waals surface area contributed by atoms with Crippen LogP contribution in [-0.4, -0.2) is 41.6 Å². The molecule has 2 aromatic heterocycles. The molecule has 1 amide bonds. The van der Waals surface area contributed by atoms with Gasteiger partial charge >= 0.3 is 6.61 Å². The van der Waals surface area contributed by atoms with Gasteiger partial charge in [-0.05, 0) is 67.5 Å². The van der Waals surface area contributed by atoms with E-state index in [0.29, 0.717) is 18.7 Å². The molecule has 1 aromatic carbocycles. The number of carbonyl (C=O) groups is 1. The van der Waals surface area contributed by atoms with Gasteiger partial charge in [0.1, 0.15) is 11.3 Å². The number of aryl methyl sites for hydroxylation is 2. The Balaban J connectivity index is 1.34. The lowest BCUT2D eigenvalue weighted by molar-refractivity contribution is -0.139. The number of alkyl halides is 2. The number of amides is 1. The highest BCUT2D eigenvalue weighted by Crippen LogP contribution is 2.24. The van der Waals surface area contributed by atoms with Crippen molar-refractivity contribution in [2.24, 2.45) is 5.92 Å². The monoisotopic (exact) mass is 456 g/mol. The van der Waals surface area contributed by atoms with E-state index in [1.165, 1.54) is 0 Å². The lowest BCUT2D eigenvalue weighted by atomic mass is 9.97. The first-order valence-corrected chi connectivity index (χ1v) is 11.4. The third kappa shape index (κ3) is 5.50. The van der Waals surface area contributed by atoms with Crippen molar-refractivity contribution in [3.8, 4) is 0 Å². The fourth-order valence-corrected chi connectivity index (χ4v) is 4.34. The fourth-order valence-electron chi connectivity index (χ4n) is 4.34. The van der Waals surface area contributed by atoms with Crippen molar-refractivity contribution in [2.75, 3.05) is 24.6 Å². The number of hydrogen-bond donors (Lipinski definition) is 1. The maximum atomic E-state index is 13.0. The molecule has 1 N–H and O–H groups in total. The highest BCUT2D eigenvalue weighted by atomic mass is 19.3. The Bertz CT molecular complexity index is 1090. The second-order valence-electron chi connectivity index (χ2n) is 8.57. The van der Waals surface area contributed by atoms with Crippen molar-refractivity contribution in [1.29, 1.82) is 0 Å². The van der Waals surface area contributed by atoms with Gasteiger partial charge in [0.2, 0.25) is 0 Å². The first-order valence-electron chi connectivity index (χ1n) is 11.4. The first-order chi connectivity index (χ1) is 15.9. The van der Waals surface area contributed by atoms with Crippen LogP contribution in [0.1, 0.15) is 47.1 Å². The molecule has 1 aliphatic rings. The smallest absolute Gasteiger partial charge is 0.345 e. The third-order valence-corrected chi connectivity index (χ3v) is 6.23. The second kappa shape index (κ2) is 10.3. The zero-order valence-electron chi connectivity index (χ0n) is 19.1. The van der Waals surface area contributed by atoms with Crippen LogP contribution in [0.25, 0.3) is 5.65 Å². The van der Waals surface area contributed by atoms with E-state index in [4.69, 9.17) is 0 Å². The molecule has 0 bridgehead atoms. The standard InChI is InChI=1S/C25H30F2N4O2/c1-3-21-23(31-13-8-17(2)14-22(31)29-21)24(32)28-15-18-4-6-20(7-5-18)30-11-9-19(10-12-30)16-33-25(26)27/h4-8,13-14,19,25H,3,9-12,15-16H2,1-2H3,(H,28,32). The molecule has 0 radical (unpaired) electrons. The molecule has 176 valence electrons. The molecular weight excluding hydrogens is 426 g/mol. The van der Waals surface area contributed by atoms with Crippen molar-refractivity contribution in [3.05, 3.63) is 65.1 Å². The number of rotatable bonds is 8. The van der Waals surface area contributed by atoms with E-state index in [9.17, 15) is 13.6 Å². The van der Waals surface area contributed by atoms with Gasteiger partial charge in [0, 0.05) is 31.5 Å². The minimum absolute atomic E-state index is 0.121. The van der Waals surface area contributed by atoms with Crippen LogP contribution in [0, 0.1) is 12.8 Å². The van der Waals surface area contributed by atoms with E-state index in [-0.39, 0.29) is 18.4 Å². The van der Waals surface area contributed by atoms with Crippen molar-refractivity contribution < 1.29 is 18.3 Å². The summed E-state index contributed by atoms with van der Waals surface area (Å²) in [5.74, 6) is 0.0432. The summed E-state index contributed by atoms with van der Waals surface area (Å²) in [5.41, 5.74) is 5.37. The van der Waals surface area contributed by atoms with Crippen LogP contribution in [-0.2, 0) is 17.7 Å². The maximum absolute atomic E-state index is 13.0. The Morgan fingerprint density at radius 3 is 2.61 bits per heavy atom. The van der Waals surface area contributed by atoms with E-state index in [0.717, 1.165) is 54.1 Å². The van der Waals surface area contributed by atoms with Gasteiger partial charge < -0.3 is 15.0 Å². The SMILES string of the molecule is CCc1nc2cc(C)ccn2c1C(=O)NCc1ccc(N2CCC(COC(F)F)CC2)cc1. The summed E-state index contributed by atoms with van der Waals surface area (Å²) in [6, 6.07) is 12.1. The topological polar surface area (TPSA) is 58.9 Å². The van der Waals surface area contributed by atoms with Crippen LogP contribution < -0.4 is 10.2 Å². The van der Waals surface area contributed by atoms with E-state index in [2.05, 4.69) is 19.9 Å². The Morgan fingerprint density at radius 1 is 1.21 bits per heavy atom. The van der Waals surface area contributed by atoms with Crippen molar-refractivity contribution >= 4 is 17.2 Å². The lowest BCUT2D eigenvalue weighted by Crippen LogP contribution is -2.35. The summed E-state index contributed by atoms with van der Waals surface area (Å²) < 4.78 is 30.7. The molecule has 3 heterocycles. The molecule has 0 saturated carbocycles. The number of ether oxygens (including phenoxy) is 1. The molecule has 0 aliphatic carbocycles. The Labute approximate surface area is 192 Å². The van der Waals surface area contributed by atoms with E-state index >= 15 is 0 Å². The molecule has 0 unspecified atom stereocenters. The van der Waals surface area contributed by atoms with Crippen LogP contribution in [0.3, 0.4) is 0 Å². The minimum Gasteiger partial charge on any atom is -0.372 e. The number of benzene rings is 1. The van der Waals surface area contributed by atoms with E-state index in [1.54, 1.807) is 0 Å². The number of nitrogens with zero attached hydrogens (tertiary/aromatic N) is 3. The first kappa shape index (κ1) is 23.2. The summed E-state index contributed by atoms with van der Waals surface area (Å²) in [7, 11) is 0. The highest BCUT2D eigenvalue weighted by Gasteiger charge is 2.21. The molecule has 1 fully saturated rings. The largest absolute Gasteiger partial charge is 0.372 e. The van der Waals surface area contributed by atoms with Gasteiger partial charge in [-0.25, -0.2) is 4.98 Å². The molecule has 3 aromatic rings. The Kier molecular flexibility index (Phi) is 7.23. The molecule has 1 aliphatic heterocycles. The minimum atomic E-state index is -2.69. The Morgan fingerprint density at radius 2 is 1.94 bits per heavy atom. The summed E-state index contributed by atoms with van der Waals surface area (Å²) in [5, 5.41) is 3.02. The fraction of sp³-hybridized carbons (Fsp3) is 0.440. The predicted octanol–water partition coefficient (Wildman–Crippen LogP) is 4.59. The van der Waals surface area contributed by atoms with Gasteiger partial charge in [-0.15, -0.1) is 0 Å². The number of carbonyl (C=O) groups excluding carboxylic acids is 1. The quantitative estimate of drug-likeness (QED) is 0.539. The summed E-state index contributed by atoms with van der Waals surface area (Å²) in [6.07, 6.45) is 4.25. The van der Waals surface area contributed by atoms with Crippen molar-refractivity contribution in [2.45, 2.75) is 46.3 Å². The predicted molar refractivity (Wildman–Crippen MR) is 124 cm³/mol. The van der Waals surface area contributed by atoms with Crippen LogP contribution >= 0.6 is 0 Å².